The fourth-order valence-corrected chi connectivity index (χ4v) is 4.36. The lowest BCUT2D eigenvalue weighted by Crippen LogP contribution is -2.40. The number of hydrogen-bond donors (Lipinski definition) is 1. The van der Waals surface area contributed by atoms with Crippen LogP contribution in [0.3, 0.4) is 0 Å². The number of carboxylic acid groups (broad SMARTS) is 1. The summed E-state index contributed by atoms with van der Waals surface area (Å²) in [6.07, 6.45) is 12.8. The van der Waals surface area contributed by atoms with E-state index < -0.39 is 11.4 Å². The van der Waals surface area contributed by atoms with Crippen LogP contribution in [0.2, 0.25) is 0 Å². The van der Waals surface area contributed by atoms with E-state index in [4.69, 9.17) is 5.26 Å². The second kappa shape index (κ2) is 9.65. The van der Waals surface area contributed by atoms with Crippen molar-refractivity contribution >= 4 is 5.97 Å². The minimum Gasteiger partial charge on any atom is -0.481 e. The van der Waals surface area contributed by atoms with Crippen LogP contribution >= 0.6 is 0 Å². The number of carbonyl (C=O) groups is 1. The Morgan fingerprint density at radius 3 is 2.34 bits per heavy atom. The van der Waals surface area contributed by atoms with E-state index in [0.717, 1.165) is 18.4 Å². The molecule has 3 rings (SSSR count). The van der Waals surface area contributed by atoms with E-state index in [9.17, 15) is 9.90 Å². The quantitative estimate of drug-likeness (QED) is 0.601. The molecule has 0 amide bonds. The van der Waals surface area contributed by atoms with E-state index in [1.165, 1.54) is 32.1 Å². The molecule has 5 nitrogen and oxygen atoms in total. The summed E-state index contributed by atoms with van der Waals surface area (Å²) < 4.78 is 0. The van der Waals surface area contributed by atoms with Gasteiger partial charge >= 0.3 is 5.97 Å². The van der Waals surface area contributed by atoms with Gasteiger partial charge in [0.05, 0.1) is 17.0 Å². The first-order valence-corrected chi connectivity index (χ1v) is 10.7. The maximum absolute atomic E-state index is 12.2. The summed E-state index contributed by atoms with van der Waals surface area (Å²) >= 11 is 0. The first-order chi connectivity index (χ1) is 14.1. The van der Waals surface area contributed by atoms with Crippen LogP contribution in [0, 0.1) is 17.2 Å². The van der Waals surface area contributed by atoms with Crippen molar-refractivity contribution in [3.8, 4) is 17.5 Å². The number of benzene rings is 1. The van der Waals surface area contributed by atoms with E-state index in [1.54, 1.807) is 24.5 Å². The van der Waals surface area contributed by atoms with Gasteiger partial charge in [0, 0.05) is 23.5 Å². The molecule has 1 heterocycles. The van der Waals surface area contributed by atoms with Crippen LogP contribution in [0.25, 0.3) is 11.4 Å². The standard InChI is InChI=1S/C24H29N3O2/c1-2-3-4-5-6-18-11-13-24(14-12-18,23(28)29)21-16-26-22(27-17-21)20-9-7-19(15-25)8-10-20/h7-10,16-18H,2-6,11-14H2,1H3,(H,28,29). The van der Waals surface area contributed by atoms with Crippen molar-refractivity contribution in [1.29, 1.82) is 5.26 Å². The minimum atomic E-state index is -0.872. The van der Waals surface area contributed by atoms with Gasteiger partial charge in [0.2, 0.25) is 0 Å². The molecule has 29 heavy (non-hydrogen) atoms. The molecule has 1 fully saturated rings. The Balaban J connectivity index is 1.69. The molecule has 0 spiro atoms. The van der Waals surface area contributed by atoms with Crippen molar-refractivity contribution in [3.05, 3.63) is 47.8 Å². The van der Waals surface area contributed by atoms with Crippen LogP contribution in [0.4, 0.5) is 0 Å². The van der Waals surface area contributed by atoms with Gasteiger partial charge in [-0.1, -0.05) is 39.0 Å². The normalized spacial score (nSPS) is 21.4. The van der Waals surface area contributed by atoms with Crippen LogP contribution < -0.4 is 0 Å². The number of aromatic nitrogens is 2. The Bertz CT molecular complexity index is 845. The lowest BCUT2D eigenvalue weighted by Gasteiger charge is -2.37. The molecule has 0 aliphatic heterocycles. The van der Waals surface area contributed by atoms with Gasteiger partial charge in [-0.2, -0.15) is 5.26 Å². The highest BCUT2D eigenvalue weighted by molar-refractivity contribution is 5.81. The van der Waals surface area contributed by atoms with Crippen molar-refractivity contribution in [3.63, 3.8) is 0 Å². The molecule has 1 aromatic carbocycles. The molecule has 1 aliphatic rings. The maximum Gasteiger partial charge on any atom is 0.314 e. The molecule has 0 saturated heterocycles. The second-order valence-electron chi connectivity index (χ2n) is 8.16. The van der Waals surface area contributed by atoms with Crippen LogP contribution in [0.15, 0.2) is 36.7 Å². The molecule has 0 bridgehead atoms. The minimum absolute atomic E-state index is 0.545. The van der Waals surface area contributed by atoms with Crippen LogP contribution in [-0.4, -0.2) is 21.0 Å². The molecular formula is C24H29N3O2. The average Bonchev–Trinajstić information content (AvgIpc) is 2.77. The van der Waals surface area contributed by atoms with E-state index in [1.807, 2.05) is 12.1 Å². The van der Waals surface area contributed by atoms with E-state index >= 15 is 0 Å². The van der Waals surface area contributed by atoms with Gasteiger partial charge in [-0.25, -0.2) is 9.97 Å². The third-order valence-electron chi connectivity index (χ3n) is 6.31. The Morgan fingerprint density at radius 1 is 1.14 bits per heavy atom. The Labute approximate surface area is 172 Å². The Hall–Kier alpha value is -2.74. The van der Waals surface area contributed by atoms with E-state index in [0.29, 0.717) is 35.7 Å². The van der Waals surface area contributed by atoms with E-state index in [2.05, 4.69) is 23.0 Å². The zero-order valence-corrected chi connectivity index (χ0v) is 17.1. The number of aliphatic carboxylic acids is 1. The molecule has 1 saturated carbocycles. The number of nitrogens with zero attached hydrogens (tertiary/aromatic N) is 3. The monoisotopic (exact) mass is 391 g/mol. The first-order valence-electron chi connectivity index (χ1n) is 10.7. The number of rotatable bonds is 8. The SMILES string of the molecule is CCCCCCC1CCC(C(=O)O)(c2cnc(-c3ccc(C#N)cc3)nc2)CC1. The van der Waals surface area contributed by atoms with Gasteiger partial charge in [-0.05, 0) is 55.9 Å². The molecule has 5 heteroatoms. The predicted molar refractivity (Wildman–Crippen MR) is 112 cm³/mol. The predicted octanol–water partition coefficient (Wildman–Crippen LogP) is 5.50. The molecule has 1 aromatic heterocycles. The van der Waals surface area contributed by atoms with E-state index in [-0.39, 0.29) is 0 Å². The van der Waals surface area contributed by atoms with Crippen molar-refractivity contribution in [2.75, 3.05) is 0 Å². The largest absolute Gasteiger partial charge is 0.481 e. The molecule has 152 valence electrons. The van der Waals surface area contributed by atoms with Crippen molar-refractivity contribution in [2.24, 2.45) is 5.92 Å². The fourth-order valence-electron chi connectivity index (χ4n) is 4.36. The lowest BCUT2D eigenvalue weighted by atomic mass is 9.66. The van der Waals surface area contributed by atoms with Gasteiger partial charge < -0.3 is 5.11 Å². The number of carboxylic acids is 1. The van der Waals surface area contributed by atoms with Gasteiger partial charge in [-0.3, -0.25) is 4.79 Å². The Morgan fingerprint density at radius 2 is 1.79 bits per heavy atom. The van der Waals surface area contributed by atoms with Crippen LogP contribution in [-0.2, 0) is 10.2 Å². The van der Waals surface area contributed by atoms with Crippen molar-refractivity contribution in [1.82, 2.24) is 9.97 Å². The zero-order chi connectivity index (χ0) is 20.7. The zero-order valence-electron chi connectivity index (χ0n) is 17.1. The fraction of sp³-hybridized carbons (Fsp3) is 0.500. The molecule has 0 unspecified atom stereocenters. The molecule has 2 aromatic rings. The highest BCUT2D eigenvalue weighted by Gasteiger charge is 2.43. The molecule has 1 N–H and O–H groups in total. The third-order valence-corrected chi connectivity index (χ3v) is 6.31. The number of nitriles is 1. The number of hydrogen-bond acceptors (Lipinski definition) is 4. The molecule has 0 radical (unpaired) electrons. The maximum atomic E-state index is 12.2. The second-order valence-corrected chi connectivity index (χ2v) is 8.16. The average molecular weight is 392 g/mol. The summed E-state index contributed by atoms with van der Waals surface area (Å²) in [5.74, 6) is 0.415. The molecule has 0 atom stereocenters. The summed E-state index contributed by atoms with van der Waals surface area (Å²) in [4.78, 5) is 21.1. The van der Waals surface area contributed by atoms with Gasteiger partial charge in [0.15, 0.2) is 5.82 Å². The Kier molecular flexibility index (Phi) is 6.98. The highest BCUT2D eigenvalue weighted by Crippen LogP contribution is 2.43. The molecule has 1 aliphatic carbocycles. The summed E-state index contributed by atoms with van der Waals surface area (Å²) in [6.45, 7) is 2.22. The molecular weight excluding hydrogens is 362 g/mol. The van der Waals surface area contributed by atoms with Crippen LogP contribution in [0.5, 0.6) is 0 Å². The highest BCUT2D eigenvalue weighted by atomic mass is 16.4. The summed E-state index contributed by atoms with van der Waals surface area (Å²) in [6, 6.07) is 9.17. The first kappa shape index (κ1) is 21.0. The van der Waals surface area contributed by atoms with Crippen LogP contribution in [0.1, 0.15) is 75.8 Å². The lowest BCUT2D eigenvalue weighted by molar-refractivity contribution is -0.145. The van der Waals surface area contributed by atoms with Gasteiger partial charge in [0.1, 0.15) is 0 Å². The smallest absolute Gasteiger partial charge is 0.314 e. The number of unbranched alkanes of at least 4 members (excludes halogenated alkanes) is 3. The van der Waals surface area contributed by atoms with Gasteiger partial charge in [-0.15, -0.1) is 0 Å². The summed E-state index contributed by atoms with van der Waals surface area (Å²) in [7, 11) is 0. The summed E-state index contributed by atoms with van der Waals surface area (Å²) in [5, 5.41) is 18.9. The summed E-state index contributed by atoms with van der Waals surface area (Å²) in [5.41, 5.74) is 1.23. The van der Waals surface area contributed by atoms with Gasteiger partial charge in [0.25, 0.3) is 0 Å². The topological polar surface area (TPSA) is 86.9 Å². The van der Waals surface area contributed by atoms with Crippen molar-refractivity contribution < 1.29 is 9.90 Å². The van der Waals surface area contributed by atoms with Crippen molar-refractivity contribution in [2.45, 2.75) is 70.1 Å². The third kappa shape index (κ3) is 4.82.